The fourth-order valence-electron chi connectivity index (χ4n) is 2.46. The molecule has 0 aromatic heterocycles. The summed E-state index contributed by atoms with van der Waals surface area (Å²) >= 11 is 5.83. The molecule has 116 valence electrons. The lowest BCUT2D eigenvalue weighted by Crippen LogP contribution is -2.47. The van der Waals surface area contributed by atoms with Gasteiger partial charge in [0.25, 0.3) is 0 Å². The van der Waals surface area contributed by atoms with Crippen LogP contribution in [-0.4, -0.2) is 35.2 Å². The molecule has 1 aliphatic heterocycles. The zero-order valence-electron chi connectivity index (χ0n) is 10.8. The van der Waals surface area contributed by atoms with Crippen LogP contribution >= 0.6 is 11.6 Å². The predicted octanol–water partition coefficient (Wildman–Crippen LogP) is 3.32. The molecule has 0 aliphatic carbocycles. The molecule has 0 radical (unpaired) electrons. The highest BCUT2D eigenvalue weighted by Crippen LogP contribution is 2.46. The number of likely N-dealkylation sites (tertiary alicyclic amines) is 1. The van der Waals surface area contributed by atoms with E-state index in [0.29, 0.717) is 0 Å². The van der Waals surface area contributed by atoms with Crippen molar-refractivity contribution in [2.24, 2.45) is 5.41 Å². The number of carbonyl (C=O) groups is 1. The highest BCUT2D eigenvalue weighted by molar-refractivity contribution is 6.31. The molecule has 1 aromatic carbocycles. The van der Waals surface area contributed by atoms with Crippen LogP contribution in [0.25, 0.3) is 0 Å². The molecular formula is C13H12ClF4NO2. The quantitative estimate of drug-likeness (QED) is 0.867. The molecule has 1 atom stereocenters. The molecule has 2 rings (SSSR count). The number of nitrogens with zero attached hydrogens (tertiary/aromatic N) is 1. The fourth-order valence-corrected chi connectivity index (χ4v) is 2.68. The van der Waals surface area contributed by atoms with Crippen molar-refractivity contribution < 1.29 is 27.5 Å². The largest absolute Gasteiger partial charge is 0.481 e. The van der Waals surface area contributed by atoms with Gasteiger partial charge in [-0.15, -0.1) is 0 Å². The third kappa shape index (κ3) is 2.85. The van der Waals surface area contributed by atoms with Crippen LogP contribution in [0.5, 0.6) is 0 Å². The maximum Gasteiger partial charge on any atom is 0.406 e. The van der Waals surface area contributed by atoms with Crippen LogP contribution in [0.3, 0.4) is 0 Å². The molecule has 3 nitrogen and oxygen atoms in total. The van der Waals surface area contributed by atoms with Crippen LogP contribution in [0.1, 0.15) is 12.0 Å². The van der Waals surface area contributed by atoms with E-state index in [0.717, 1.165) is 6.07 Å². The predicted molar refractivity (Wildman–Crippen MR) is 67.4 cm³/mol. The Bertz CT molecular complexity index is 543. The molecule has 8 heteroatoms. The molecule has 1 saturated heterocycles. The van der Waals surface area contributed by atoms with E-state index < -0.39 is 36.3 Å². The van der Waals surface area contributed by atoms with E-state index in [4.69, 9.17) is 16.7 Å². The van der Waals surface area contributed by atoms with Gasteiger partial charge >= 0.3 is 12.1 Å². The molecule has 0 spiro atoms. The van der Waals surface area contributed by atoms with Crippen LogP contribution in [0, 0.1) is 11.2 Å². The Morgan fingerprint density at radius 3 is 2.57 bits per heavy atom. The third-order valence-corrected chi connectivity index (χ3v) is 4.10. The van der Waals surface area contributed by atoms with Crippen LogP contribution < -0.4 is 0 Å². The van der Waals surface area contributed by atoms with Gasteiger partial charge in [-0.1, -0.05) is 17.7 Å². The van der Waals surface area contributed by atoms with E-state index in [1.807, 2.05) is 0 Å². The summed E-state index contributed by atoms with van der Waals surface area (Å²) in [5, 5.41) is 9.05. The summed E-state index contributed by atoms with van der Waals surface area (Å²) in [5.74, 6) is -2.53. The van der Waals surface area contributed by atoms with Gasteiger partial charge in [-0.3, -0.25) is 9.69 Å². The van der Waals surface area contributed by atoms with Crippen molar-refractivity contribution in [3.8, 4) is 0 Å². The number of hydrogen-bond acceptors (Lipinski definition) is 2. The lowest BCUT2D eigenvalue weighted by molar-refractivity contribution is -0.227. The first-order valence-electron chi connectivity index (χ1n) is 6.13. The second-order valence-corrected chi connectivity index (χ2v) is 5.45. The normalized spacial score (nSPS) is 23.5. The third-order valence-electron chi connectivity index (χ3n) is 3.74. The Kier molecular flexibility index (Phi) is 4.17. The van der Waals surface area contributed by atoms with Crippen molar-refractivity contribution >= 4 is 17.6 Å². The fraction of sp³-hybridized carbons (Fsp3) is 0.462. The molecule has 0 amide bonds. The lowest BCUT2D eigenvalue weighted by Gasteiger charge is -2.27. The zero-order valence-corrected chi connectivity index (χ0v) is 11.5. The Hall–Kier alpha value is -1.34. The van der Waals surface area contributed by atoms with Crippen LogP contribution in [0.2, 0.25) is 5.02 Å². The molecule has 1 aliphatic rings. The summed E-state index contributed by atoms with van der Waals surface area (Å²) in [5.41, 5.74) is -2.73. The minimum atomic E-state index is -4.85. The van der Waals surface area contributed by atoms with Crippen molar-refractivity contribution in [3.05, 3.63) is 34.6 Å². The number of aliphatic carboxylic acids is 1. The summed E-state index contributed by atoms with van der Waals surface area (Å²) in [4.78, 5) is 12.3. The van der Waals surface area contributed by atoms with Gasteiger partial charge in [0.05, 0.1) is 0 Å². The first-order chi connectivity index (χ1) is 9.67. The van der Waals surface area contributed by atoms with E-state index >= 15 is 0 Å². The number of carboxylic acids is 1. The smallest absolute Gasteiger partial charge is 0.406 e. The molecule has 1 unspecified atom stereocenters. The van der Waals surface area contributed by atoms with Gasteiger partial charge in [0.1, 0.15) is 5.82 Å². The number of carboxylic acid groups (broad SMARTS) is 1. The van der Waals surface area contributed by atoms with E-state index in [-0.39, 0.29) is 23.7 Å². The van der Waals surface area contributed by atoms with E-state index in [2.05, 4.69) is 0 Å². The Morgan fingerprint density at radius 2 is 2.10 bits per heavy atom. The second kappa shape index (κ2) is 5.46. The number of alkyl halides is 3. The summed E-state index contributed by atoms with van der Waals surface area (Å²) in [6.45, 7) is -0.955. The first kappa shape index (κ1) is 16.0. The first-order valence-corrected chi connectivity index (χ1v) is 6.50. The van der Waals surface area contributed by atoms with Gasteiger partial charge in [0.15, 0.2) is 5.41 Å². The van der Waals surface area contributed by atoms with Gasteiger partial charge in [-0.2, -0.15) is 13.2 Å². The summed E-state index contributed by atoms with van der Waals surface area (Å²) in [6, 6.07) is 3.98. The highest BCUT2D eigenvalue weighted by Gasteiger charge is 2.63. The summed E-state index contributed by atoms with van der Waals surface area (Å²) in [7, 11) is 0. The summed E-state index contributed by atoms with van der Waals surface area (Å²) < 4.78 is 52.7. The Balaban J connectivity index is 2.21. The number of benzene rings is 1. The van der Waals surface area contributed by atoms with Gasteiger partial charge in [0.2, 0.25) is 0 Å². The average molecular weight is 326 g/mol. The van der Waals surface area contributed by atoms with Gasteiger partial charge in [0, 0.05) is 30.2 Å². The van der Waals surface area contributed by atoms with Crippen molar-refractivity contribution in [2.75, 3.05) is 13.1 Å². The van der Waals surface area contributed by atoms with Gasteiger partial charge < -0.3 is 5.11 Å². The van der Waals surface area contributed by atoms with Crippen molar-refractivity contribution in [1.29, 1.82) is 0 Å². The van der Waals surface area contributed by atoms with Crippen molar-refractivity contribution in [1.82, 2.24) is 4.90 Å². The van der Waals surface area contributed by atoms with Crippen molar-refractivity contribution in [2.45, 2.75) is 19.1 Å². The average Bonchev–Trinajstić information content (AvgIpc) is 2.79. The molecule has 1 N–H and O–H groups in total. The molecule has 0 saturated carbocycles. The van der Waals surface area contributed by atoms with E-state index in [9.17, 15) is 22.4 Å². The molecule has 1 heterocycles. The monoisotopic (exact) mass is 325 g/mol. The molecule has 0 bridgehead atoms. The van der Waals surface area contributed by atoms with Crippen molar-refractivity contribution in [3.63, 3.8) is 0 Å². The lowest BCUT2D eigenvalue weighted by atomic mass is 9.86. The summed E-state index contributed by atoms with van der Waals surface area (Å²) in [6.07, 6.45) is -5.41. The molecule has 1 fully saturated rings. The minimum absolute atomic E-state index is 0.0718. The van der Waals surface area contributed by atoms with Crippen LogP contribution in [-0.2, 0) is 11.3 Å². The number of hydrogen-bond donors (Lipinski definition) is 1. The highest BCUT2D eigenvalue weighted by atomic mass is 35.5. The molecule has 1 aromatic rings. The maximum absolute atomic E-state index is 13.6. The second-order valence-electron chi connectivity index (χ2n) is 5.05. The SMILES string of the molecule is O=C(O)C1(C(F)(F)F)CCN(Cc2c(F)cccc2Cl)C1. The number of rotatable bonds is 3. The van der Waals surface area contributed by atoms with Crippen LogP contribution in [0.4, 0.5) is 17.6 Å². The minimum Gasteiger partial charge on any atom is -0.481 e. The Labute approximate surface area is 123 Å². The van der Waals surface area contributed by atoms with Crippen LogP contribution in [0.15, 0.2) is 18.2 Å². The number of halogens is 5. The topological polar surface area (TPSA) is 40.5 Å². The van der Waals surface area contributed by atoms with E-state index in [1.54, 1.807) is 0 Å². The molecule has 21 heavy (non-hydrogen) atoms. The van der Waals surface area contributed by atoms with E-state index in [1.165, 1.54) is 17.0 Å². The maximum atomic E-state index is 13.6. The zero-order chi connectivity index (χ0) is 15.8. The molecular weight excluding hydrogens is 314 g/mol. The standard InChI is InChI=1S/C13H12ClF4NO2/c14-9-2-1-3-10(15)8(9)6-19-5-4-12(7-19,11(20)21)13(16,17)18/h1-3H,4-7H2,(H,20,21). The van der Waals surface area contributed by atoms with Gasteiger partial charge in [-0.25, -0.2) is 4.39 Å². The Morgan fingerprint density at radius 1 is 1.43 bits per heavy atom. The van der Waals surface area contributed by atoms with Gasteiger partial charge in [-0.05, 0) is 18.6 Å².